The minimum absolute atomic E-state index is 0.530. The van der Waals surface area contributed by atoms with E-state index < -0.39 is 0 Å². The molecule has 1 N–H and O–H groups in total. The van der Waals surface area contributed by atoms with Gasteiger partial charge in [0, 0.05) is 6.04 Å². The molecule has 0 saturated heterocycles. The molecule has 0 aliphatic heterocycles. The standard InChI is InChI=1S/C5H11N/c1-4-6-5(2)3/h4-6H,1H2,2-3H3. The van der Waals surface area contributed by atoms with Gasteiger partial charge in [-0.15, -0.1) is 0 Å². The molecule has 0 unspecified atom stereocenters. The van der Waals surface area contributed by atoms with Gasteiger partial charge < -0.3 is 5.32 Å². The van der Waals surface area contributed by atoms with Crippen LogP contribution in [0.25, 0.3) is 0 Å². The molecule has 0 heterocycles. The van der Waals surface area contributed by atoms with Crippen molar-refractivity contribution in [1.29, 1.82) is 0 Å². The van der Waals surface area contributed by atoms with Gasteiger partial charge >= 0.3 is 0 Å². The number of hydrogen-bond acceptors (Lipinski definition) is 1. The van der Waals surface area contributed by atoms with Crippen LogP contribution in [0.1, 0.15) is 13.8 Å². The van der Waals surface area contributed by atoms with Crippen molar-refractivity contribution in [3.8, 4) is 0 Å². The molecule has 1 nitrogen and oxygen atoms in total. The Morgan fingerprint density at radius 3 is 2.17 bits per heavy atom. The highest BCUT2D eigenvalue weighted by molar-refractivity contribution is 4.65. The van der Waals surface area contributed by atoms with Gasteiger partial charge in [0.1, 0.15) is 0 Å². The summed E-state index contributed by atoms with van der Waals surface area (Å²) in [5, 5.41) is 2.97. The van der Waals surface area contributed by atoms with Gasteiger partial charge in [-0.25, -0.2) is 0 Å². The Balaban J connectivity index is 2.81. The van der Waals surface area contributed by atoms with E-state index in [9.17, 15) is 0 Å². The SMILES string of the molecule is C=CNC(C)C. The van der Waals surface area contributed by atoms with Crippen molar-refractivity contribution in [1.82, 2.24) is 5.32 Å². The second-order valence-electron chi connectivity index (χ2n) is 1.53. The molecule has 0 fully saturated rings. The quantitative estimate of drug-likeness (QED) is 0.530. The summed E-state index contributed by atoms with van der Waals surface area (Å²) in [5.74, 6) is 0. The number of rotatable bonds is 2. The van der Waals surface area contributed by atoms with Crippen molar-refractivity contribution in [2.75, 3.05) is 0 Å². The molecule has 0 aliphatic carbocycles. The molecule has 0 aromatic heterocycles. The van der Waals surface area contributed by atoms with E-state index in [0.717, 1.165) is 0 Å². The molecule has 0 spiro atoms. The Labute approximate surface area is 39.1 Å². The van der Waals surface area contributed by atoms with Crippen molar-refractivity contribution in [3.63, 3.8) is 0 Å². The fourth-order valence-corrected chi connectivity index (χ4v) is 0.236. The minimum atomic E-state index is 0.530. The smallest absolute Gasteiger partial charge is 0.0199 e. The molecule has 0 aromatic rings. The Kier molecular flexibility index (Phi) is 2.55. The van der Waals surface area contributed by atoms with Crippen LogP contribution in [0, 0.1) is 0 Å². The fourth-order valence-electron chi connectivity index (χ4n) is 0.236. The lowest BCUT2D eigenvalue weighted by Gasteiger charge is -1.99. The number of nitrogens with one attached hydrogen (secondary N) is 1. The first-order chi connectivity index (χ1) is 2.77. The third-order valence-corrected chi connectivity index (χ3v) is 0.451. The average Bonchev–Trinajstić information content (AvgIpc) is 1.35. The van der Waals surface area contributed by atoms with Crippen LogP contribution in [-0.4, -0.2) is 6.04 Å². The second-order valence-corrected chi connectivity index (χ2v) is 1.53. The lowest BCUT2D eigenvalue weighted by Crippen LogP contribution is -2.14. The Hall–Kier alpha value is -0.460. The summed E-state index contributed by atoms with van der Waals surface area (Å²) < 4.78 is 0. The summed E-state index contributed by atoms with van der Waals surface area (Å²) in [6.45, 7) is 7.63. The second kappa shape index (κ2) is 2.76. The monoisotopic (exact) mass is 85.1 g/mol. The summed E-state index contributed by atoms with van der Waals surface area (Å²) in [7, 11) is 0. The molecule has 1 heteroatoms. The summed E-state index contributed by atoms with van der Waals surface area (Å²) >= 11 is 0. The topological polar surface area (TPSA) is 12.0 Å². The van der Waals surface area contributed by atoms with Crippen molar-refractivity contribution in [3.05, 3.63) is 12.8 Å². The van der Waals surface area contributed by atoms with E-state index in [4.69, 9.17) is 0 Å². The first-order valence-corrected chi connectivity index (χ1v) is 2.14. The molecule has 0 atom stereocenters. The molecular formula is C5H11N. The lowest BCUT2D eigenvalue weighted by atomic mass is 10.4. The Morgan fingerprint density at radius 1 is 1.67 bits per heavy atom. The summed E-state index contributed by atoms with van der Waals surface area (Å²) in [6.07, 6.45) is 1.70. The molecule has 0 radical (unpaired) electrons. The Bertz CT molecular complexity index is 39.2. The molecule has 0 amide bonds. The number of hydrogen-bond donors (Lipinski definition) is 1. The van der Waals surface area contributed by atoms with E-state index in [1.54, 1.807) is 6.20 Å². The minimum Gasteiger partial charge on any atom is -0.389 e. The van der Waals surface area contributed by atoms with Gasteiger partial charge in [-0.1, -0.05) is 6.58 Å². The van der Waals surface area contributed by atoms with E-state index >= 15 is 0 Å². The Morgan fingerprint density at radius 2 is 2.17 bits per heavy atom. The van der Waals surface area contributed by atoms with E-state index in [0.29, 0.717) is 6.04 Å². The first kappa shape index (κ1) is 5.54. The van der Waals surface area contributed by atoms with E-state index in [1.807, 2.05) is 0 Å². The van der Waals surface area contributed by atoms with Gasteiger partial charge in [0.2, 0.25) is 0 Å². The van der Waals surface area contributed by atoms with Crippen LogP contribution in [0.15, 0.2) is 12.8 Å². The normalized spacial score (nSPS) is 8.50. The van der Waals surface area contributed by atoms with Crippen LogP contribution >= 0.6 is 0 Å². The van der Waals surface area contributed by atoms with E-state index in [1.165, 1.54) is 0 Å². The molecule has 0 saturated carbocycles. The molecule has 6 heavy (non-hydrogen) atoms. The largest absolute Gasteiger partial charge is 0.389 e. The van der Waals surface area contributed by atoms with Gasteiger partial charge in [0.25, 0.3) is 0 Å². The van der Waals surface area contributed by atoms with E-state index in [-0.39, 0.29) is 0 Å². The van der Waals surface area contributed by atoms with Gasteiger partial charge in [-0.3, -0.25) is 0 Å². The molecule has 0 aliphatic rings. The first-order valence-electron chi connectivity index (χ1n) is 2.14. The maximum absolute atomic E-state index is 3.49. The van der Waals surface area contributed by atoms with Gasteiger partial charge in [0.05, 0.1) is 0 Å². The molecule has 36 valence electrons. The van der Waals surface area contributed by atoms with Gasteiger partial charge in [0.15, 0.2) is 0 Å². The predicted molar refractivity (Wildman–Crippen MR) is 28.5 cm³/mol. The zero-order valence-electron chi connectivity index (χ0n) is 4.36. The zero-order valence-corrected chi connectivity index (χ0v) is 4.36. The van der Waals surface area contributed by atoms with Crippen molar-refractivity contribution < 1.29 is 0 Å². The zero-order chi connectivity index (χ0) is 4.99. The predicted octanol–water partition coefficient (Wildman–Crippen LogP) is 1.13. The maximum Gasteiger partial charge on any atom is 0.0199 e. The van der Waals surface area contributed by atoms with Crippen LogP contribution in [0.3, 0.4) is 0 Å². The van der Waals surface area contributed by atoms with E-state index in [2.05, 4.69) is 25.7 Å². The molecular weight excluding hydrogens is 74.1 g/mol. The van der Waals surface area contributed by atoms with Crippen LogP contribution < -0.4 is 5.32 Å². The highest BCUT2D eigenvalue weighted by atomic mass is 14.9. The highest BCUT2D eigenvalue weighted by Crippen LogP contribution is 1.71. The van der Waals surface area contributed by atoms with Crippen molar-refractivity contribution >= 4 is 0 Å². The fraction of sp³-hybridized carbons (Fsp3) is 0.600. The summed E-state index contributed by atoms with van der Waals surface area (Å²) in [5.41, 5.74) is 0. The molecule has 0 aromatic carbocycles. The third kappa shape index (κ3) is 3.54. The average molecular weight is 85.2 g/mol. The van der Waals surface area contributed by atoms with Crippen LogP contribution in [0.5, 0.6) is 0 Å². The lowest BCUT2D eigenvalue weighted by molar-refractivity contribution is 0.704. The van der Waals surface area contributed by atoms with Crippen LogP contribution in [-0.2, 0) is 0 Å². The van der Waals surface area contributed by atoms with Crippen molar-refractivity contribution in [2.45, 2.75) is 19.9 Å². The summed E-state index contributed by atoms with van der Waals surface area (Å²) in [6, 6.07) is 0.530. The third-order valence-electron chi connectivity index (χ3n) is 0.451. The van der Waals surface area contributed by atoms with Gasteiger partial charge in [-0.2, -0.15) is 0 Å². The maximum atomic E-state index is 3.49. The van der Waals surface area contributed by atoms with Gasteiger partial charge in [-0.05, 0) is 20.0 Å². The van der Waals surface area contributed by atoms with Crippen LogP contribution in [0.4, 0.5) is 0 Å². The van der Waals surface area contributed by atoms with Crippen LogP contribution in [0.2, 0.25) is 0 Å². The molecule has 0 rings (SSSR count). The molecule has 0 bridgehead atoms. The highest BCUT2D eigenvalue weighted by Gasteiger charge is 1.78. The van der Waals surface area contributed by atoms with Crippen molar-refractivity contribution in [2.24, 2.45) is 0 Å². The summed E-state index contributed by atoms with van der Waals surface area (Å²) in [4.78, 5) is 0.